The molecule has 0 atom stereocenters. The summed E-state index contributed by atoms with van der Waals surface area (Å²) in [5.74, 6) is 0. The first-order chi connectivity index (χ1) is 7.38. The fourth-order valence-electron chi connectivity index (χ4n) is 2.09. The van der Waals surface area contributed by atoms with E-state index in [0.29, 0.717) is 0 Å². The van der Waals surface area contributed by atoms with Crippen LogP contribution in [0.2, 0.25) is 0 Å². The molecule has 0 spiro atoms. The zero-order valence-corrected chi connectivity index (χ0v) is 10.1. The molecule has 1 aromatic carbocycles. The van der Waals surface area contributed by atoms with E-state index in [9.17, 15) is 0 Å². The van der Waals surface area contributed by atoms with E-state index in [2.05, 4.69) is 41.3 Å². The molecule has 1 saturated carbocycles. The molecule has 0 heterocycles. The lowest BCUT2D eigenvalue weighted by Gasteiger charge is -2.09. The van der Waals surface area contributed by atoms with Crippen molar-refractivity contribution < 1.29 is 0 Å². The van der Waals surface area contributed by atoms with E-state index >= 15 is 0 Å². The lowest BCUT2D eigenvalue weighted by Crippen LogP contribution is -2.04. The Morgan fingerprint density at radius 3 is 2.47 bits per heavy atom. The number of nitrogens with one attached hydrogen (secondary N) is 1. The Kier molecular flexibility index (Phi) is 4.09. The zero-order chi connectivity index (χ0) is 10.5. The Hall–Kier alpha value is -0.470. The van der Waals surface area contributed by atoms with Gasteiger partial charge < -0.3 is 5.32 Å². The summed E-state index contributed by atoms with van der Waals surface area (Å²) >= 11 is 2.06. The van der Waals surface area contributed by atoms with E-state index in [1.54, 1.807) is 0 Å². The molecule has 0 saturated heterocycles. The molecule has 1 aromatic rings. The van der Waals surface area contributed by atoms with Crippen LogP contribution in [-0.4, -0.2) is 12.3 Å². The van der Waals surface area contributed by atoms with Crippen LogP contribution in [0.25, 0.3) is 0 Å². The van der Waals surface area contributed by atoms with Crippen LogP contribution < -0.4 is 5.32 Å². The SMILES string of the molecule is CNCc1ccc(SC2CCCC2)cc1. The van der Waals surface area contributed by atoms with Gasteiger partial charge in [0.2, 0.25) is 0 Å². The zero-order valence-electron chi connectivity index (χ0n) is 9.33. The molecule has 0 bridgehead atoms. The normalized spacial score (nSPS) is 17.1. The minimum atomic E-state index is 0.875. The quantitative estimate of drug-likeness (QED) is 0.836. The average Bonchev–Trinajstić information content (AvgIpc) is 2.74. The minimum Gasteiger partial charge on any atom is -0.316 e. The maximum atomic E-state index is 3.17. The van der Waals surface area contributed by atoms with Crippen LogP contribution in [-0.2, 0) is 6.54 Å². The molecule has 1 aliphatic rings. The summed E-state index contributed by atoms with van der Waals surface area (Å²) in [7, 11) is 1.99. The predicted molar refractivity (Wildman–Crippen MR) is 67.3 cm³/mol. The van der Waals surface area contributed by atoms with Crippen molar-refractivity contribution in [1.82, 2.24) is 5.32 Å². The predicted octanol–water partition coefficient (Wildman–Crippen LogP) is 3.44. The highest BCUT2D eigenvalue weighted by Gasteiger charge is 2.15. The van der Waals surface area contributed by atoms with Gasteiger partial charge in [0.15, 0.2) is 0 Å². The van der Waals surface area contributed by atoms with Crippen molar-refractivity contribution in [2.75, 3.05) is 7.05 Å². The maximum absolute atomic E-state index is 3.17. The molecule has 1 N–H and O–H groups in total. The molecule has 0 amide bonds. The van der Waals surface area contributed by atoms with E-state index in [0.717, 1.165) is 11.8 Å². The van der Waals surface area contributed by atoms with Gasteiger partial charge in [0, 0.05) is 16.7 Å². The lowest BCUT2D eigenvalue weighted by molar-refractivity contribution is 0.817. The van der Waals surface area contributed by atoms with Crippen molar-refractivity contribution in [2.24, 2.45) is 0 Å². The van der Waals surface area contributed by atoms with Crippen LogP contribution in [0.1, 0.15) is 31.2 Å². The monoisotopic (exact) mass is 221 g/mol. The van der Waals surface area contributed by atoms with Gasteiger partial charge in [0.05, 0.1) is 0 Å². The Bertz CT molecular complexity index is 288. The van der Waals surface area contributed by atoms with Crippen molar-refractivity contribution in [3.8, 4) is 0 Å². The first-order valence-corrected chi connectivity index (χ1v) is 6.66. The molecule has 0 radical (unpaired) electrons. The van der Waals surface area contributed by atoms with Gasteiger partial charge in [0.1, 0.15) is 0 Å². The fraction of sp³-hybridized carbons (Fsp3) is 0.538. The summed E-state index contributed by atoms with van der Waals surface area (Å²) in [6.07, 6.45) is 5.66. The first-order valence-electron chi connectivity index (χ1n) is 5.78. The van der Waals surface area contributed by atoms with E-state index in [1.807, 2.05) is 7.05 Å². The first kappa shape index (κ1) is 11.0. The van der Waals surface area contributed by atoms with Crippen molar-refractivity contribution >= 4 is 11.8 Å². The van der Waals surface area contributed by atoms with Crippen molar-refractivity contribution in [3.63, 3.8) is 0 Å². The Balaban J connectivity index is 1.91. The Morgan fingerprint density at radius 2 is 1.87 bits per heavy atom. The second-order valence-corrected chi connectivity index (χ2v) is 5.57. The molecule has 1 nitrogen and oxygen atoms in total. The van der Waals surface area contributed by atoms with E-state index in [4.69, 9.17) is 0 Å². The van der Waals surface area contributed by atoms with E-state index in [1.165, 1.54) is 36.1 Å². The van der Waals surface area contributed by atoms with Crippen LogP contribution in [0, 0.1) is 0 Å². The molecule has 1 fully saturated rings. The molecule has 2 rings (SSSR count). The third kappa shape index (κ3) is 3.25. The smallest absolute Gasteiger partial charge is 0.0202 e. The molecular weight excluding hydrogens is 202 g/mol. The van der Waals surface area contributed by atoms with Gasteiger partial charge in [-0.1, -0.05) is 25.0 Å². The summed E-state index contributed by atoms with van der Waals surface area (Å²) in [6, 6.07) is 8.98. The summed E-state index contributed by atoms with van der Waals surface area (Å²) in [6.45, 7) is 0.967. The van der Waals surface area contributed by atoms with Crippen molar-refractivity contribution in [2.45, 2.75) is 42.4 Å². The molecule has 2 heteroatoms. The highest BCUT2D eigenvalue weighted by atomic mass is 32.2. The molecular formula is C13H19NS. The molecule has 82 valence electrons. The topological polar surface area (TPSA) is 12.0 Å². The van der Waals surface area contributed by atoms with Crippen LogP contribution in [0.3, 0.4) is 0 Å². The van der Waals surface area contributed by atoms with Crippen LogP contribution >= 0.6 is 11.8 Å². The second kappa shape index (κ2) is 5.57. The highest BCUT2D eigenvalue weighted by Crippen LogP contribution is 2.34. The van der Waals surface area contributed by atoms with Crippen LogP contribution in [0.15, 0.2) is 29.2 Å². The second-order valence-electron chi connectivity index (χ2n) is 4.20. The Morgan fingerprint density at radius 1 is 1.20 bits per heavy atom. The third-order valence-corrected chi connectivity index (χ3v) is 4.26. The molecule has 15 heavy (non-hydrogen) atoms. The van der Waals surface area contributed by atoms with Crippen LogP contribution in [0.5, 0.6) is 0 Å². The lowest BCUT2D eigenvalue weighted by atomic mass is 10.2. The maximum Gasteiger partial charge on any atom is 0.0202 e. The van der Waals surface area contributed by atoms with Gasteiger partial charge in [-0.25, -0.2) is 0 Å². The largest absolute Gasteiger partial charge is 0.316 e. The molecule has 0 unspecified atom stereocenters. The van der Waals surface area contributed by atoms with Gasteiger partial charge in [-0.15, -0.1) is 11.8 Å². The fourth-order valence-corrected chi connectivity index (χ4v) is 3.34. The van der Waals surface area contributed by atoms with Gasteiger partial charge in [-0.05, 0) is 37.6 Å². The summed E-state index contributed by atoms with van der Waals surface area (Å²) in [5.41, 5.74) is 1.37. The molecule has 1 aliphatic carbocycles. The minimum absolute atomic E-state index is 0.875. The number of hydrogen-bond donors (Lipinski definition) is 1. The summed E-state index contributed by atoms with van der Waals surface area (Å²) in [5, 5.41) is 4.04. The summed E-state index contributed by atoms with van der Waals surface area (Å²) in [4.78, 5) is 1.43. The highest BCUT2D eigenvalue weighted by molar-refractivity contribution is 8.00. The van der Waals surface area contributed by atoms with Gasteiger partial charge in [-0.2, -0.15) is 0 Å². The van der Waals surface area contributed by atoms with Crippen molar-refractivity contribution in [1.29, 1.82) is 0 Å². The van der Waals surface area contributed by atoms with E-state index < -0.39 is 0 Å². The third-order valence-electron chi connectivity index (χ3n) is 2.91. The average molecular weight is 221 g/mol. The number of rotatable bonds is 4. The van der Waals surface area contributed by atoms with Gasteiger partial charge in [-0.3, -0.25) is 0 Å². The molecule has 0 aliphatic heterocycles. The Labute approximate surface area is 96.7 Å². The van der Waals surface area contributed by atoms with E-state index in [-0.39, 0.29) is 0 Å². The van der Waals surface area contributed by atoms with Gasteiger partial charge >= 0.3 is 0 Å². The molecule has 0 aromatic heterocycles. The van der Waals surface area contributed by atoms with Gasteiger partial charge in [0.25, 0.3) is 0 Å². The number of hydrogen-bond acceptors (Lipinski definition) is 2. The number of thioether (sulfide) groups is 1. The number of benzene rings is 1. The van der Waals surface area contributed by atoms with Crippen molar-refractivity contribution in [3.05, 3.63) is 29.8 Å². The standard InChI is InChI=1S/C13H19NS/c1-14-10-11-6-8-13(9-7-11)15-12-4-2-3-5-12/h6-9,12,14H,2-5,10H2,1H3. The summed E-state index contributed by atoms with van der Waals surface area (Å²) < 4.78 is 0. The van der Waals surface area contributed by atoms with Crippen LogP contribution in [0.4, 0.5) is 0 Å².